The lowest BCUT2D eigenvalue weighted by Crippen LogP contribution is -2.41. The SMILES string of the molecule is O=c1n(C2CC2)c2nc(Br)cnc2n1[C@H]1C[C@H](Nc2nc3ccccc3s2)C1. The molecule has 0 aliphatic heterocycles. The third-order valence-corrected chi connectivity index (χ3v) is 6.94. The van der Waals surface area contributed by atoms with Crippen molar-refractivity contribution in [2.75, 3.05) is 5.32 Å². The quantitative estimate of drug-likeness (QED) is 0.499. The molecular formula is C19H17BrN6OS. The first-order chi connectivity index (χ1) is 13.7. The number of nitrogens with one attached hydrogen (secondary N) is 1. The molecule has 28 heavy (non-hydrogen) atoms. The summed E-state index contributed by atoms with van der Waals surface area (Å²) >= 11 is 5.06. The molecule has 4 aromatic rings. The van der Waals surface area contributed by atoms with Gasteiger partial charge in [0.2, 0.25) is 0 Å². The van der Waals surface area contributed by atoms with Gasteiger partial charge in [0, 0.05) is 18.1 Å². The molecule has 6 rings (SSSR count). The van der Waals surface area contributed by atoms with Crippen molar-refractivity contribution in [2.24, 2.45) is 0 Å². The van der Waals surface area contributed by atoms with Gasteiger partial charge in [-0.05, 0) is 53.7 Å². The van der Waals surface area contributed by atoms with Crippen molar-refractivity contribution < 1.29 is 0 Å². The molecule has 0 radical (unpaired) electrons. The smallest absolute Gasteiger partial charge is 0.332 e. The molecule has 1 N–H and O–H groups in total. The summed E-state index contributed by atoms with van der Waals surface area (Å²) in [7, 11) is 0. The van der Waals surface area contributed by atoms with E-state index in [1.165, 1.54) is 4.70 Å². The molecule has 0 bridgehead atoms. The van der Waals surface area contributed by atoms with Crippen molar-refractivity contribution in [1.82, 2.24) is 24.1 Å². The summed E-state index contributed by atoms with van der Waals surface area (Å²) in [5.41, 5.74) is 2.45. The first-order valence-corrected chi connectivity index (χ1v) is 11.1. The maximum absolute atomic E-state index is 13.1. The van der Waals surface area contributed by atoms with Gasteiger partial charge in [-0.1, -0.05) is 23.5 Å². The van der Waals surface area contributed by atoms with Gasteiger partial charge in [0.05, 0.1) is 16.4 Å². The van der Waals surface area contributed by atoms with Crippen LogP contribution >= 0.6 is 27.3 Å². The normalized spacial score (nSPS) is 21.9. The lowest BCUT2D eigenvalue weighted by Gasteiger charge is -2.36. The van der Waals surface area contributed by atoms with Crippen LogP contribution in [0.25, 0.3) is 21.5 Å². The van der Waals surface area contributed by atoms with E-state index >= 15 is 0 Å². The highest BCUT2D eigenvalue weighted by Crippen LogP contribution is 2.39. The third-order valence-electron chi connectivity index (χ3n) is 5.59. The fourth-order valence-electron chi connectivity index (χ4n) is 4.00. The van der Waals surface area contributed by atoms with E-state index in [0.717, 1.165) is 36.3 Å². The second kappa shape index (κ2) is 6.12. The topological polar surface area (TPSA) is 77.6 Å². The Balaban J connectivity index is 1.27. The highest BCUT2D eigenvalue weighted by molar-refractivity contribution is 9.10. The number of halogens is 1. The number of para-hydroxylation sites is 1. The molecule has 7 nitrogen and oxygen atoms in total. The molecule has 2 aliphatic rings. The molecule has 0 spiro atoms. The van der Waals surface area contributed by atoms with Crippen molar-refractivity contribution in [3.63, 3.8) is 0 Å². The van der Waals surface area contributed by atoms with Crippen molar-refractivity contribution >= 4 is 53.9 Å². The summed E-state index contributed by atoms with van der Waals surface area (Å²) < 4.78 is 5.53. The monoisotopic (exact) mass is 456 g/mol. The van der Waals surface area contributed by atoms with E-state index in [-0.39, 0.29) is 17.8 Å². The fraction of sp³-hybridized carbons (Fsp3) is 0.368. The van der Waals surface area contributed by atoms with Crippen LogP contribution in [0.3, 0.4) is 0 Å². The van der Waals surface area contributed by atoms with Crippen molar-refractivity contribution in [2.45, 2.75) is 43.8 Å². The van der Waals surface area contributed by atoms with E-state index in [2.05, 4.69) is 42.3 Å². The Morgan fingerprint density at radius 2 is 1.86 bits per heavy atom. The van der Waals surface area contributed by atoms with E-state index in [9.17, 15) is 4.79 Å². The molecule has 0 unspecified atom stereocenters. The van der Waals surface area contributed by atoms with Crippen LogP contribution in [0.15, 0.2) is 39.9 Å². The molecule has 3 heterocycles. The van der Waals surface area contributed by atoms with Crippen LogP contribution in [0.5, 0.6) is 0 Å². The van der Waals surface area contributed by atoms with Gasteiger partial charge in [0.25, 0.3) is 0 Å². The van der Waals surface area contributed by atoms with Crippen LogP contribution in [0, 0.1) is 0 Å². The first kappa shape index (κ1) is 16.7. The molecule has 3 aromatic heterocycles. The van der Waals surface area contributed by atoms with Crippen LogP contribution in [0.1, 0.15) is 37.8 Å². The van der Waals surface area contributed by atoms with Gasteiger partial charge >= 0.3 is 5.69 Å². The Morgan fingerprint density at radius 1 is 1.07 bits per heavy atom. The molecule has 0 atom stereocenters. The summed E-state index contributed by atoms with van der Waals surface area (Å²) in [4.78, 5) is 26.8. The van der Waals surface area contributed by atoms with Gasteiger partial charge in [-0.2, -0.15) is 0 Å². The number of hydrogen-bond acceptors (Lipinski definition) is 6. The Labute approximate surface area is 172 Å². The Morgan fingerprint density at radius 3 is 2.64 bits per heavy atom. The van der Waals surface area contributed by atoms with Crippen LogP contribution in [-0.2, 0) is 0 Å². The summed E-state index contributed by atoms with van der Waals surface area (Å²) in [6.45, 7) is 0. The highest BCUT2D eigenvalue weighted by atomic mass is 79.9. The largest absolute Gasteiger partial charge is 0.359 e. The minimum absolute atomic E-state index is 0.0269. The van der Waals surface area contributed by atoms with E-state index in [1.54, 1.807) is 17.5 Å². The second-order valence-electron chi connectivity index (χ2n) is 7.55. The molecule has 2 fully saturated rings. The third kappa shape index (κ3) is 2.60. The average Bonchev–Trinajstić information content (AvgIpc) is 3.33. The van der Waals surface area contributed by atoms with Gasteiger partial charge in [0.15, 0.2) is 16.4 Å². The van der Waals surface area contributed by atoms with Gasteiger partial charge in [-0.15, -0.1) is 0 Å². The van der Waals surface area contributed by atoms with E-state index in [1.807, 2.05) is 27.3 Å². The van der Waals surface area contributed by atoms with Crippen molar-refractivity contribution in [3.8, 4) is 0 Å². The second-order valence-corrected chi connectivity index (χ2v) is 9.39. The van der Waals surface area contributed by atoms with E-state index in [4.69, 9.17) is 0 Å². The number of anilines is 1. The molecule has 1 aromatic carbocycles. The predicted molar refractivity (Wildman–Crippen MR) is 113 cm³/mol. The van der Waals surface area contributed by atoms with Gasteiger partial charge in [-0.25, -0.2) is 19.7 Å². The predicted octanol–water partition coefficient (Wildman–Crippen LogP) is 4.12. The van der Waals surface area contributed by atoms with Gasteiger partial charge in [0.1, 0.15) is 4.60 Å². The zero-order valence-corrected chi connectivity index (χ0v) is 17.3. The minimum atomic E-state index is 0.0269. The summed E-state index contributed by atoms with van der Waals surface area (Å²) in [5.74, 6) is 0. The highest BCUT2D eigenvalue weighted by Gasteiger charge is 2.37. The lowest BCUT2D eigenvalue weighted by atomic mass is 9.86. The van der Waals surface area contributed by atoms with Gasteiger partial charge < -0.3 is 5.32 Å². The lowest BCUT2D eigenvalue weighted by molar-refractivity contribution is 0.280. The van der Waals surface area contributed by atoms with Crippen molar-refractivity contribution in [1.29, 1.82) is 0 Å². The zero-order chi connectivity index (χ0) is 18.8. The van der Waals surface area contributed by atoms with Crippen LogP contribution in [-0.4, -0.2) is 30.1 Å². The number of hydrogen-bond donors (Lipinski definition) is 1. The number of rotatable bonds is 4. The van der Waals surface area contributed by atoms with E-state index in [0.29, 0.717) is 21.9 Å². The molecule has 2 saturated carbocycles. The molecule has 142 valence electrons. The maximum atomic E-state index is 13.1. The number of nitrogens with zero attached hydrogens (tertiary/aromatic N) is 5. The standard InChI is InChI=1S/C19H17BrN6OS/c20-15-9-21-16-17(24-15)25(11-5-6-11)19(27)26(16)12-7-10(8-12)22-18-23-13-3-1-2-4-14(13)28-18/h1-4,9-12H,5-8H2,(H,22,23)/t10-,12-. The number of benzene rings is 1. The molecule has 9 heteroatoms. The van der Waals surface area contributed by atoms with E-state index < -0.39 is 0 Å². The zero-order valence-electron chi connectivity index (χ0n) is 14.9. The number of imidazole rings is 1. The Kier molecular flexibility index (Phi) is 3.64. The molecular weight excluding hydrogens is 440 g/mol. The summed E-state index contributed by atoms with van der Waals surface area (Å²) in [6, 6.07) is 8.90. The molecule has 0 amide bonds. The fourth-order valence-corrected chi connectivity index (χ4v) is 5.21. The van der Waals surface area contributed by atoms with Crippen LogP contribution in [0.4, 0.5) is 5.13 Å². The number of aromatic nitrogens is 5. The Bertz CT molecular complexity index is 1230. The molecule has 2 aliphatic carbocycles. The Hall–Kier alpha value is -2.26. The summed E-state index contributed by atoms with van der Waals surface area (Å²) in [5, 5.41) is 4.47. The van der Waals surface area contributed by atoms with Crippen LogP contribution in [0.2, 0.25) is 0 Å². The van der Waals surface area contributed by atoms with Crippen LogP contribution < -0.4 is 11.0 Å². The molecule has 0 saturated heterocycles. The van der Waals surface area contributed by atoms with Gasteiger partial charge in [-0.3, -0.25) is 9.13 Å². The maximum Gasteiger partial charge on any atom is 0.332 e. The minimum Gasteiger partial charge on any atom is -0.359 e. The average molecular weight is 457 g/mol. The number of thiazole rings is 1. The first-order valence-electron chi connectivity index (χ1n) is 9.44. The number of fused-ring (bicyclic) bond motifs is 2. The van der Waals surface area contributed by atoms with Crippen molar-refractivity contribution in [3.05, 3.63) is 45.5 Å². The summed E-state index contributed by atoms with van der Waals surface area (Å²) in [6.07, 6.45) is 5.53.